The molecule has 0 aromatic rings. The van der Waals surface area contributed by atoms with Crippen LogP contribution < -0.4 is 0 Å². The summed E-state index contributed by atoms with van der Waals surface area (Å²) in [5.41, 5.74) is 3.14. The minimum absolute atomic E-state index is 0.810. The zero-order chi connectivity index (χ0) is 5.72. The van der Waals surface area contributed by atoms with Crippen LogP contribution in [0.5, 0.6) is 0 Å². The van der Waals surface area contributed by atoms with Gasteiger partial charge < -0.3 is 0 Å². The second kappa shape index (κ2) is 1.07. The first-order valence-corrected chi connectivity index (χ1v) is 3.23. The van der Waals surface area contributed by atoms with Crippen LogP contribution in [0.4, 0.5) is 0 Å². The van der Waals surface area contributed by atoms with Crippen molar-refractivity contribution < 1.29 is 0 Å². The second-order valence-electron chi connectivity index (χ2n) is 2.87. The molecule has 0 N–H and O–H groups in total. The lowest BCUT2D eigenvalue weighted by molar-refractivity contribution is 0.567. The number of fused-ring (bicyclic) bond motifs is 1. The number of hydrogen-bond donors (Lipinski definition) is 0. The Balaban J connectivity index is 2.30. The van der Waals surface area contributed by atoms with Crippen molar-refractivity contribution >= 4 is 0 Å². The van der Waals surface area contributed by atoms with Crippen LogP contribution in [0.15, 0.2) is 23.3 Å². The molecule has 0 fully saturated rings. The molecule has 0 bridgehead atoms. The Kier molecular flexibility index (Phi) is 0.585. The van der Waals surface area contributed by atoms with Gasteiger partial charge in [0, 0.05) is 0 Å². The van der Waals surface area contributed by atoms with Gasteiger partial charge in [0.1, 0.15) is 0 Å². The lowest BCUT2D eigenvalue weighted by Gasteiger charge is -2.05. The van der Waals surface area contributed by atoms with E-state index in [9.17, 15) is 0 Å². The van der Waals surface area contributed by atoms with Crippen LogP contribution in [0, 0.1) is 11.8 Å². The van der Waals surface area contributed by atoms with Gasteiger partial charge in [0.25, 0.3) is 0 Å². The Morgan fingerprint density at radius 2 is 2.12 bits per heavy atom. The van der Waals surface area contributed by atoms with Gasteiger partial charge in [-0.1, -0.05) is 26.0 Å². The van der Waals surface area contributed by atoms with Gasteiger partial charge in [0.2, 0.25) is 0 Å². The van der Waals surface area contributed by atoms with Crippen molar-refractivity contribution in [3.8, 4) is 0 Å². The minimum atomic E-state index is 0.810. The lowest BCUT2D eigenvalue weighted by Crippen LogP contribution is -1.97. The summed E-state index contributed by atoms with van der Waals surface area (Å²) in [6.45, 7) is 4.58. The topological polar surface area (TPSA) is 0 Å². The minimum Gasteiger partial charge on any atom is -0.0735 e. The normalized spacial score (nSPS) is 40.8. The van der Waals surface area contributed by atoms with E-state index in [4.69, 9.17) is 0 Å². The number of hydrogen-bond acceptors (Lipinski definition) is 0. The van der Waals surface area contributed by atoms with Crippen molar-refractivity contribution in [2.75, 3.05) is 0 Å². The fourth-order valence-corrected chi connectivity index (χ4v) is 1.38. The summed E-state index contributed by atoms with van der Waals surface area (Å²) in [5, 5.41) is 0. The third-order valence-corrected chi connectivity index (χ3v) is 2.28. The second-order valence-corrected chi connectivity index (χ2v) is 2.87. The highest BCUT2D eigenvalue weighted by atomic mass is 14.4. The number of allylic oxidation sites excluding steroid dienone is 4. The first-order chi connectivity index (χ1) is 3.79. The molecule has 0 aliphatic heterocycles. The third-order valence-electron chi connectivity index (χ3n) is 2.28. The molecule has 0 heterocycles. The van der Waals surface area contributed by atoms with Crippen LogP contribution in [-0.4, -0.2) is 0 Å². The Morgan fingerprint density at radius 3 is 2.38 bits per heavy atom. The molecule has 2 aliphatic rings. The molecule has 2 atom stereocenters. The van der Waals surface area contributed by atoms with Gasteiger partial charge in [-0.05, 0) is 23.0 Å². The van der Waals surface area contributed by atoms with E-state index < -0.39 is 0 Å². The monoisotopic (exact) mass is 106 g/mol. The highest BCUT2D eigenvalue weighted by molar-refractivity contribution is 5.62. The van der Waals surface area contributed by atoms with Crippen molar-refractivity contribution in [3.05, 3.63) is 23.3 Å². The summed E-state index contributed by atoms with van der Waals surface area (Å²) < 4.78 is 0. The number of rotatable bonds is 0. The summed E-state index contributed by atoms with van der Waals surface area (Å²) in [4.78, 5) is 0. The molecule has 2 aliphatic carbocycles. The van der Waals surface area contributed by atoms with E-state index in [2.05, 4.69) is 26.0 Å². The highest BCUT2D eigenvalue weighted by Gasteiger charge is 2.32. The molecule has 0 heteroatoms. The van der Waals surface area contributed by atoms with Gasteiger partial charge in [-0.2, -0.15) is 0 Å². The molecule has 0 saturated heterocycles. The molecule has 0 saturated carbocycles. The summed E-state index contributed by atoms with van der Waals surface area (Å²) in [6.07, 6.45) is 4.64. The molecule has 0 aromatic heterocycles. The first-order valence-electron chi connectivity index (χ1n) is 3.23. The van der Waals surface area contributed by atoms with E-state index in [1.165, 1.54) is 5.57 Å². The predicted octanol–water partition coefficient (Wildman–Crippen LogP) is 2.14. The van der Waals surface area contributed by atoms with Gasteiger partial charge in [-0.3, -0.25) is 0 Å². The fourth-order valence-electron chi connectivity index (χ4n) is 1.38. The molecule has 8 heavy (non-hydrogen) atoms. The smallest absolute Gasteiger partial charge is 0.0124 e. The Bertz CT molecular complexity index is 184. The Hall–Kier alpha value is -0.520. The van der Waals surface area contributed by atoms with E-state index in [0.717, 1.165) is 11.8 Å². The van der Waals surface area contributed by atoms with Crippen LogP contribution in [0.1, 0.15) is 13.8 Å². The van der Waals surface area contributed by atoms with Gasteiger partial charge in [-0.15, -0.1) is 0 Å². The quantitative estimate of drug-likeness (QED) is 0.444. The van der Waals surface area contributed by atoms with Gasteiger partial charge >= 0.3 is 0 Å². The molecule has 0 amide bonds. The van der Waals surface area contributed by atoms with Crippen LogP contribution in [0.25, 0.3) is 0 Å². The molecule has 1 unspecified atom stereocenters. The third kappa shape index (κ3) is 0.360. The molecule has 42 valence electrons. The van der Waals surface area contributed by atoms with E-state index in [-0.39, 0.29) is 0 Å². The van der Waals surface area contributed by atoms with Gasteiger partial charge in [-0.25, -0.2) is 0 Å². The average Bonchev–Trinajstić information content (AvgIpc) is 2.39. The summed E-state index contributed by atoms with van der Waals surface area (Å²) in [5.74, 6) is 1.63. The highest BCUT2D eigenvalue weighted by Crippen LogP contribution is 2.45. The van der Waals surface area contributed by atoms with E-state index >= 15 is 0 Å². The zero-order valence-corrected chi connectivity index (χ0v) is 5.31. The van der Waals surface area contributed by atoms with Crippen LogP contribution in [-0.2, 0) is 0 Å². The van der Waals surface area contributed by atoms with E-state index in [1.807, 2.05) is 0 Å². The Morgan fingerprint density at radius 1 is 1.38 bits per heavy atom. The molecule has 0 radical (unpaired) electrons. The van der Waals surface area contributed by atoms with Crippen LogP contribution in [0.2, 0.25) is 0 Å². The average molecular weight is 106 g/mol. The fraction of sp³-hybridized carbons (Fsp3) is 0.500. The summed E-state index contributed by atoms with van der Waals surface area (Å²) in [6, 6.07) is 0. The zero-order valence-electron chi connectivity index (χ0n) is 5.31. The largest absolute Gasteiger partial charge is 0.0735 e. The van der Waals surface area contributed by atoms with Crippen molar-refractivity contribution in [2.24, 2.45) is 11.8 Å². The maximum Gasteiger partial charge on any atom is -0.0124 e. The Labute approximate surface area is 49.9 Å². The van der Waals surface area contributed by atoms with E-state index in [0.29, 0.717) is 0 Å². The molecule has 0 nitrogen and oxygen atoms in total. The van der Waals surface area contributed by atoms with Crippen molar-refractivity contribution in [1.82, 2.24) is 0 Å². The van der Waals surface area contributed by atoms with Crippen LogP contribution in [0.3, 0.4) is 0 Å². The maximum absolute atomic E-state index is 2.36. The van der Waals surface area contributed by atoms with E-state index in [1.54, 1.807) is 5.57 Å². The summed E-state index contributed by atoms with van der Waals surface area (Å²) in [7, 11) is 0. The maximum atomic E-state index is 2.36. The molecule has 0 aromatic carbocycles. The first kappa shape index (κ1) is 4.37. The SMILES string of the molecule is CC1C2=CC2=C[C@@H]1C. The van der Waals surface area contributed by atoms with Gasteiger partial charge in [0.15, 0.2) is 0 Å². The molecular weight excluding hydrogens is 96.1 g/mol. The lowest BCUT2D eigenvalue weighted by atomic mass is 9.99. The van der Waals surface area contributed by atoms with Crippen LogP contribution >= 0.6 is 0 Å². The van der Waals surface area contributed by atoms with Gasteiger partial charge in [0.05, 0.1) is 0 Å². The van der Waals surface area contributed by atoms with Crippen molar-refractivity contribution in [3.63, 3.8) is 0 Å². The summed E-state index contributed by atoms with van der Waals surface area (Å²) >= 11 is 0. The molecular formula is C8H10. The molecule has 2 rings (SSSR count). The van der Waals surface area contributed by atoms with Crippen molar-refractivity contribution in [1.29, 1.82) is 0 Å². The molecule has 0 spiro atoms. The standard InChI is InChI=1S/C8H10/c1-5-3-7-4-8(7)6(5)2/h3-6H,1-2H3/t5-,6?/m0/s1. The predicted molar refractivity (Wildman–Crippen MR) is 34.5 cm³/mol. The van der Waals surface area contributed by atoms with Crippen molar-refractivity contribution in [2.45, 2.75) is 13.8 Å².